The summed E-state index contributed by atoms with van der Waals surface area (Å²) in [7, 11) is 0. The average Bonchev–Trinajstić information content (AvgIpc) is 2.42. The lowest BCUT2D eigenvalue weighted by Gasteiger charge is -2.33. The zero-order valence-corrected chi connectivity index (χ0v) is 12.2. The van der Waals surface area contributed by atoms with E-state index in [-0.39, 0.29) is 0 Å². The van der Waals surface area contributed by atoms with E-state index in [0.29, 0.717) is 11.6 Å². The van der Waals surface area contributed by atoms with Gasteiger partial charge in [0.1, 0.15) is 5.82 Å². The molecule has 0 aromatic heterocycles. The van der Waals surface area contributed by atoms with Gasteiger partial charge >= 0.3 is 5.97 Å². The Morgan fingerprint density at radius 2 is 2.40 bits per heavy atom. The molecule has 0 saturated carbocycles. The highest BCUT2D eigenvalue weighted by molar-refractivity contribution is 7.99. The Morgan fingerprint density at radius 1 is 1.60 bits per heavy atom. The maximum Gasteiger partial charge on any atom is 0.328 e. The van der Waals surface area contributed by atoms with Gasteiger partial charge in [-0.25, -0.2) is 9.18 Å². The predicted molar refractivity (Wildman–Crippen MR) is 80.3 cm³/mol. The molecule has 1 N–H and O–H groups in total. The Kier molecular flexibility index (Phi) is 5.20. The molecule has 1 atom stereocenters. The summed E-state index contributed by atoms with van der Waals surface area (Å²) in [6.45, 7) is 4.00. The van der Waals surface area contributed by atoms with Gasteiger partial charge in [0.25, 0.3) is 0 Å². The molecule has 1 fully saturated rings. The van der Waals surface area contributed by atoms with E-state index >= 15 is 0 Å². The molecule has 1 aliphatic rings. The van der Waals surface area contributed by atoms with Crippen molar-refractivity contribution in [2.75, 3.05) is 18.1 Å². The van der Waals surface area contributed by atoms with Crippen molar-refractivity contribution in [2.24, 2.45) is 0 Å². The molecule has 1 saturated heterocycles. The van der Waals surface area contributed by atoms with Crippen LogP contribution in [-0.2, 0) is 11.3 Å². The van der Waals surface area contributed by atoms with Gasteiger partial charge in [0.15, 0.2) is 0 Å². The molecule has 1 aromatic carbocycles. The molecular formula is C15H18FNO2S. The van der Waals surface area contributed by atoms with E-state index in [2.05, 4.69) is 11.8 Å². The number of nitrogens with zero attached hydrogens (tertiary/aromatic N) is 1. The average molecular weight is 295 g/mol. The summed E-state index contributed by atoms with van der Waals surface area (Å²) in [6, 6.07) is 5.41. The highest BCUT2D eigenvalue weighted by atomic mass is 32.2. The van der Waals surface area contributed by atoms with Crippen LogP contribution in [0.5, 0.6) is 0 Å². The number of aliphatic carboxylic acids is 1. The van der Waals surface area contributed by atoms with Crippen LogP contribution in [0.15, 0.2) is 24.3 Å². The molecule has 5 heteroatoms. The van der Waals surface area contributed by atoms with Crippen LogP contribution in [0.4, 0.5) is 4.39 Å². The fourth-order valence-corrected chi connectivity index (χ4v) is 3.29. The summed E-state index contributed by atoms with van der Waals surface area (Å²) >= 11 is 1.96. The molecule has 0 bridgehead atoms. The van der Waals surface area contributed by atoms with Gasteiger partial charge in [-0.3, -0.25) is 4.90 Å². The van der Waals surface area contributed by atoms with Crippen LogP contribution in [0.2, 0.25) is 0 Å². The van der Waals surface area contributed by atoms with Crippen molar-refractivity contribution in [1.82, 2.24) is 4.90 Å². The van der Waals surface area contributed by atoms with Crippen molar-refractivity contribution >= 4 is 23.8 Å². The first-order chi connectivity index (χ1) is 9.56. The summed E-state index contributed by atoms with van der Waals surface area (Å²) in [6.07, 6.45) is 2.26. The molecule has 2 rings (SSSR count). The molecule has 0 amide bonds. The number of hydrogen-bond acceptors (Lipinski definition) is 3. The standard InChI is InChI=1S/C15H18FNO2S/c1-11-10-20-7-6-17(11)9-12-2-4-14(16)13(8-12)3-5-15(18)19/h2-5,8,11H,6-7,9-10H2,1H3,(H,18,19). The lowest BCUT2D eigenvalue weighted by Crippen LogP contribution is -2.39. The summed E-state index contributed by atoms with van der Waals surface area (Å²) in [5, 5.41) is 8.61. The van der Waals surface area contributed by atoms with Crippen LogP contribution in [0.25, 0.3) is 6.08 Å². The van der Waals surface area contributed by atoms with Crippen molar-refractivity contribution in [3.8, 4) is 0 Å². The zero-order valence-electron chi connectivity index (χ0n) is 11.4. The fourth-order valence-electron chi connectivity index (χ4n) is 2.21. The summed E-state index contributed by atoms with van der Waals surface area (Å²) in [4.78, 5) is 12.9. The lowest BCUT2D eigenvalue weighted by atomic mass is 10.1. The number of halogens is 1. The van der Waals surface area contributed by atoms with Crippen LogP contribution in [-0.4, -0.2) is 40.1 Å². The second-order valence-electron chi connectivity index (χ2n) is 4.92. The van der Waals surface area contributed by atoms with Crippen LogP contribution in [0.3, 0.4) is 0 Å². The molecule has 0 spiro atoms. The largest absolute Gasteiger partial charge is 0.478 e. The molecule has 1 unspecified atom stereocenters. The number of carboxylic acid groups (broad SMARTS) is 1. The molecule has 1 heterocycles. The highest BCUT2D eigenvalue weighted by Crippen LogP contribution is 2.20. The van der Waals surface area contributed by atoms with Crippen molar-refractivity contribution in [2.45, 2.75) is 19.5 Å². The highest BCUT2D eigenvalue weighted by Gasteiger charge is 2.18. The van der Waals surface area contributed by atoms with Gasteiger partial charge in [0.05, 0.1) is 0 Å². The van der Waals surface area contributed by atoms with Gasteiger partial charge in [0.2, 0.25) is 0 Å². The van der Waals surface area contributed by atoms with Crippen molar-refractivity contribution < 1.29 is 14.3 Å². The second kappa shape index (κ2) is 6.90. The second-order valence-corrected chi connectivity index (χ2v) is 6.07. The third-order valence-electron chi connectivity index (χ3n) is 3.36. The molecule has 108 valence electrons. The minimum Gasteiger partial charge on any atom is -0.478 e. The van der Waals surface area contributed by atoms with E-state index in [1.807, 2.05) is 11.8 Å². The molecule has 0 radical (unpaired) electrons. The van der Waals surface area contributed by atoms with Crippen LogP contribution >= 0.6 is 11.8 Å². The first-order valence-corrected chi connectivity index (χ1v) is 7.73. The van der Waals surface area contributed by atoms with E-state index in [9.17, 15) is 9.18 Å². The number of carboxylic acids is 1. The van der Waals surface area contributed by atoms with Crippen LogP contribution in [0, 0.1) is 5.82 Å². The van der Waals surface area contributed by atoms with Crippen LogP contribution in [0.1, 0.15) is 18.1 Å². The number of carbonyl (C=O) groups is 1. The molecule has 3 nitrogen and oxygen atoms in total. The minimum atomic E-state index is -1.07. The number of hydrogen-bond donors (Lipinski definition) is 1. The smallest absolute Gasteiger partial charge is 0.328 e. The molecule has 20 heavy (non-hydrogen) atoms. The Labute approximate surface area is 122 Å². The van der Waals surface area contributed by atoms with Crippen LogP contribution < -0.4 is 0 Å². The third-order valence-corrected chi connectivity index (χ3v) is 4.55. The predicted octanol–water partition coefficient (Wildman–Crippen LogP) is 2.86. The summed E-state index contributed by atoms with van der Waals surface area (Å²) in [5.74, 6) is 0.773. The molecule has 1 aliphatic heterocycles. The van der Waals surface area contributed by atoms with Crippen molar-refractivity contribution in [3.05, 3.63) is 41.2 Å². The van der Waals surface area contributed by atoms with E-state index in [1.54, 1.807) is 12.1 Å². The van der Waals surface area contributed by atoms with Gasteiger partial charge < -0.3 is 5.11 Å². The zero-order chi connectivity index (χ0) is 14.5. The fraction of sp³-hybridized carbons (Fsp3) is 0.400. The number of thioether (sulfide) groups is 1. The monoisotopic (exact) mass is 295 g/mol. The minimum absolute atomic E-state index is 0.323. The Morgan fingerprint density at radius 3 is 3.10 bits per heavy atom. The van der Waals surface area contributed by atoms with E-state index in [4.69, 9.17) is 5.11 Å². The first kappa shape index (κ1) is 15.1. The maximum atomic E-state index is 13.6. The van der Waals surface area contributed by atoms with Gasteiger partial charge in [-0.1, -0.05) is 6.07 Å². The van der Waals surface area contributed by atoms with E-state index in [0.717, 1.165) is 36.2 Å². The van der Waals surface area contributed by atoms with E-state index in [1.165, 1.54) is 12.1 Å². The maximum absolute atomic E-state index is 13.6. The number of benzene rings is 1. The molecule has 1 aromatic rings. The Balaban J connectivity index is 2.12. The van der Waals surface area contributed by atoms with Gasteiger partial charge in [-0.15, -0.1) is 0 Å². The summed E-state index contributed by atoms with van der Waals surface area (Å²) in [5.41, 5.74) is 1.33. The van der Waals surface area contributed by atoms with Gasteiger partial charge in [0, 0.05) is 42.3 Å². The first-order valence-electron chi connectivity index (χ1n) is 6.57. The third kappa shape index (κ3) is 4.08. The quantitative estimate of drug-likeness (QED) is 0.867. The lowest BCUT2D eigenvalue weighted by molar-refractivity contribution is -0.131. The SMILES string of the molecule is CC1CSCCN1Cc1ccc(F)c(C=CC(=O)O)c1. The van der Waals surface area contributed by atoms with Crippen molar-refractivity contribution in [1.29, 1.82) is 0 Å². The number of rotatable bonds is 4. The van der Waals surface area contributed by atoms with Gasteiger partial charge in [-0.05, 0) is 30.7 Å². The van der Waals surface area contributed by atoms with Gasteiger partial charge in [-0.2, -0.15) is 11.8 Å². The molecule has 0 aliphatic carbocycles. The topological polar surface area (TPSA) is 40.5 Å². The Hall–Kier alpha value is -1.33. The summed E-state index contributed by atoms with van der Waals surface area (Å²) < 4.78 is 13.6. The Bertz CT molecular complexity index is 519. The van der Waals surface area contributed by atoms with Crippen molar-refractivity contribution in [3.63, 3.8) is 0 Å². The molecular weight excluding hydrogens is 277 g/mol. The normalized spacial score (nSPS) is 20.4. The van der Waals surface area contributed by atoms with E-state index < -0.39 is 11.8 Å².